The second-order valence-corrected chi connectivity index (χ2v) is 12.6. The highest BCUT2D eigenvalue weighted by molar-refractivity contribution is 6.06. The number of allylic oxidation sites excluding steroid dienone is 1. The first-order valence-electron chi connectivity index (χ1n) is 16.4. The first-order chi connectivity index (χ1) is 22.9. The van der Waals surface area contributed by atoms with Crippen LogP contribution in [-0.4, -0.2) is 17.7 Å². The van der Waals surface area contributed by atoms with Crippen LogP contribution in [-0.2, 0) is 20.9 Å². The lowest BCUT2D eigenvalue weighted by Crippen LogP contribution is -2.47. The van der Waals surface area contributed by atoms with E-state index in [9.17, 15) is 14.4 Å². The summed E-state index contributed by atoms with van der Waals surface area (Å²) >= 11 is 0. The maximum absolute atomic E-state index is 14.8. The number of nitrogens with two attached hydrogens (primary N) is 1. The van der Waals surface area contributed by atoms with Crippen LogP contribution in [0, 0.1) is 17.8 Å². The Morgan fingerprint density at radius 2 is 1.55 bits per heavy atom. The summed E-state index contributed by atoms with van der Waals surface area (Å²) in [6, 6.07) is 31.8. The molecule has 47 heavy (non-hydrogen) atoms. The largest absolute Gasteiger partial charge is 0.457 e. The molecule has 1 aliphatic carbocycles. The molecule has 3 amide bonds. The van der Waals surface area contributed by atoms with E-state index in [0.717, 1.165) is 53.8 Å². The standard InChI is InChI=1S/C40H41N3O4/c1-2-13-34(38(41)44)35(25-27-14-6-7-15-27)39(45)42-37-33-22-9-8-20-31(33)32-21-10-11-23-36(32)43(40(37)46)26-28-16-12-19-30(24-28)47-29-17-4-3-5-18-29/h2-5,8-12,16-24,27,34-35,37H,1,6-7,13-15,25-26H2,(H2,41,44)(H,42,45). The number of anilines is 1. The number of amides is 3. The summed E-state index contributed by atoms with van der Waals surface area (Å²) in [5, 5.41) is 3.13. The molecular weight excluding hydrogens is 586 g/mol. The molecule has 1 fully saturated rings. The Kier molecular flexibility index (Phi) is 9.81. The molecule has 0 bridgehead atoms. The molecule has 3 N–H and O–H groups in total. The van der Waals surface area contributed by atoms with Gasteiger partial charge in [-0.1, -0.05) is 105 Å². The van der Waals surface area contributed by atoms with Crippen LogP contribution in [0.15, 0.2) is 116 Å². The zero-order valence-electron chi connectivity index (χ0n) is 26.5. The summed E-state index contributed by atoms with van der Waals surface area (Å²) in [6.07, 6.45) is 6.75. The third-order valence-corrected chi connectivity index (χ3v) is 9.44. The van der Waals surface area contributed by atoms with Gasteiger partial charge in [-0.05, 0) is 65.8 Å². The number of rotatable bonds is 12. The molecule has 0 saturated heterocycles. The lowest BCUT2D eigenvalue weighted by Gasteiger charge is -2.30. The Labute approximate surface area is 276 Å². The van der Waals surface area contributed by atoms with Crippen molar-refractivity contribution in [2.45, 2.75) is 51.1 Å². The maximum Gasteiger partial charge on any atom is 0.254 e. The van der Waals surface area contributed by atoms with Gasteiger partial charge >= 0.3 is 0 Å². The number of primary amides is 1. The fraction of sp³-hybridized carbons (Fsp3) is 0.275. The maximum atomic E-state index is 14.8. The summed E-state index contributed by atoms with van der Waals surface area (Å²) in [6.45, 7) is 4.08. The summed E-state index contributed by atoms with van der Waals surface area (Å²) in [5.41, 5.74) is 9.97. The van der Waals surface area contributed by atoms with E-state index in [4.69, 9.17) is 10.5 Å². The Morgan fingerprint density at radius 3 is 2.30 bits per heavy atom. The Morgan fingerprint density at radius 1 is 0.872 bits per heavy atom. The Bertz CT molecular complexity index is 1750. The normalized spacial score (nSPS) is 17.1. The predicted octanol–water partition coefficient (Wildman–Crippen LogP) is 7.72. The topological polar surface area (TPSA) is 102 Å². The smallest absolute Gasteiger partial charge is 0.254 e. The van der Waals surface area contributed by atoms with Crippen molar-refractivity contribution in [1.29, 1.82) is 0 Å². The summed E-state index contributed by atoms with van der Waals surface area (Å²) in [7, 11) is 0. The Balaban J connectivity index is 1.36. The number of ether oxygens (including phenoxy) is 1. The monoisotopic (exact) mass is 627 g/mol. The van der Waals surface area contributed by atoms with Gasteiger partial charge in [0.25, 0.3) is 5.91 Å². The van der Waals surface area contributed by atoms with E-state index >= 15 is 0 Å². The van der Waals surface area contributed by atoms with E-state index < -0.39 is 23.8 Å². The van der Waals surface area contributed by atoms with Crippen LogP contribution in [0.5, 0.6) is 11.5 Å². The number of nitrogens with one attached hydrogen (secondary N) is 1. The molecule has 0 radical (unpaired) electrons. The number of hydrogen-bond donors (Lipinski definition) is 2. The van der Waals surface area contributed by atoms with Gasteiger partial charge in [-0.15, -0.1) is 6.58 Å². The van der Waals surface area contributed by atoms with E-state index in [-0.39, 0.29) is 18.4 Å². The first-order valence-corrected chi connectivity index (χ1v) is 16.4. The number of fused-ring (bicyclic) bond motifs is 3. The zero-order chi connectivity index (χ0) is 32.8. The lowest BCUT2D eigenvalue weighted by molar-refractivity contribution is -0.136. The van der Waals surface area contributed by atoms with E-state index in [1.54, 1.807) is 11.0 Å². The second kappa shape index (κ2) is 14.5. The average molecular weight is 628 g/mol. The van der Waals surface area contributed by atoms with Crippen molar-refractivity contribution in [2.75, 3.05) is 4.90 Å². The minimum atomic E-state index is -0.974. The molecule has 1 saturated carbocycles. The number of nitrogens with zero attached hydrogens (tertiary/aromatic N) is 1. The average Bonchev–Trinajstić information content (AvgIpc) is 3.58. The minimum Gasteiger partial charge on any atom is -0.457 e. The molecule has 7 nitrogen and oxygen atoms in total. The third-order valence-electron chi connectivity index (χ3n) is 9.44. The summed E-state index contributed by atoms with van der Waals surface area (Å²) in [5.74, 6) is -0.778. The van der Waals surface area contributed by atoms with Crippen molar-refractivity contribution in [3.05, 3.63) is 127 Å². The molecule has 0 aromatic heterocycles. The molecule has 6 rings (SSSR count). The van der Waals surface area contributed by atoms with Crippen molar-refractivity contribution in [3.63, 3.8) is 0 Å². The van der Waals surface area contributed by atoms with Crippen molar-refractivity contribution in [3.8, 4) is 22.6 Å². The molecule has 3 unspecified atom stereocenters. The van der Waals surface area contributed by atoms with Gasteiger partial charge in [0.05, 0.1) is 24.1 Å². The number of hydrogen-bond acceptors (Lipinski definition) is 4. The van der Waals surface area contributed by atoms with Crippen LogP contribution in [0.3, 0.4) is 0 Å². The Hall–Kier alpha value is -5.17. The molecule has 1 aliphatic heterocycles. The van der Waals surface area contributed by atoms with Crippen LogP contribution < -0.4 is 20.7 Å². The highest BCUT2D eigenvalue weighted by Gasteiger charge is 2.39. The molecule has 4 aromatic carbocycles. The van der Waals surface area contributed by atoms with Crippen molar-refractivity contribution >= 4 is 23.4 Å². The lowest BCUT2D eigenvalue weighted by atomic mass is 9.80. The fourth-order valence-electron chi connectivity index (χ4n) is 7.12. The van der Waals surface area contributed by atoms with Crippen LogP contribution in [0.2, 0.25) is 0 Å². The van der Waals surface area contributed by atoms with Gasteiger partial charge in [-0.2, -0.15) is 0 Å². The van der Waals surface area contributed by atoms with Crippen LogP contribution >= 0.6 is 0 Å². The molecule has 3 atom stereocenters. The molecule has 2 aliphatic rings. The van der Waals surface area contributed by atoms with E-state index in [1.807, 2.05) is 103 Å². The number of carbonyl (C=O) groups is 3. The van der Waals surface area contributed by atoms with Crippen molar-refractivity contribution in [2.24, 2.45) is 23.5 Å². The molecule has 4 aromatic rings. The first kappa shape index (κ1) is 31.8. The number of para-hydroxylation sites is 2. The van der Waals surface area contributed by atoms with Gasteiger partial charge in [0.1, 0.15) is 17.5 Å². The SMILES string of the molecule is C=CCC(C(N)=O)C(CC1CCCC1)C(=O)NC1C(=O)N(Cc2cccc(Oc3ccccc3)c2)c2ccccc2-c2ccccc21. The molecule has 240 valence electrons. The summed E-state index contributed by atoms with van der Waals surface area (Å²) < 4.78 is 6.09. The minimum absolute atomic E-state index is 0.258. The van der Waals surface area contributed by atoms with Crippen LogP contribution in [0.4, 0.5) is 5.69 Å². The molecular formula is C40H41N3O4. The molecule has 7 heteroatoms. The van der Waals surface area contributed by atoms with Gasteiger partial charge in [-0.3, -0.25) is 14.4 Å². The van der Waals surface area contributed by atoms with Gasteiger partial charge in [0.15, 0.2) is 0 Å². The van der Waals surface area contributed by atoms with Crippen molar-refractivity contribution < 1.29 is 19.1 Å². The third kappa shape index (κ3) is 7.14. The fourth-order valence-corrected chi connectivity index (χ4v) is 7.12. The van der Waals surface area contributed by atoms with E-state index in [2.05, 4.69) is 11.9 Å². The van der Waals surface area contributed by atoms with E-state index in [1.165, 1.54) is 0 Å². The van der Waals surface area contributed by atoms with Gasteiger partial charge in [0.2, 0.25) is 11.8 Å². The van der Waals surface area contributed by atoms with E-state index in [0.29, 0.717) is 30.1 Å². The summed E-state index contributed by atoms with van der Waals surface area (Å²) in [4.78, 5) is 43.5. The quantitative estimate of drug-likeness (QED) is 0.157. The molecule has 0 spiro atoms. The number of carbonyl (C=O) groups excluding carboxylic acids is 3. The highest BCUT2D eigenvalue weighted by Crippen LogP contribution is 2.42. The zero-order valence-corrected chi connectivity index (χ0v) is 26.5. The highest BCUT2D eigenvalue weighted by atomic mass is 16.5. The van der Waals surface area contributed by atoms with Gasteiger partial charge in [0, 0.05) is 5.56 Å². The van der Waals surface area contributed by atoms with Gasteiger partial charge in [-0.25, -0.2) is 0 Å². The van der Waals surface area contributed by atoms with Crippen LogP contribution in [0.25, 0.3) is 11.1 Å². The van der Waals surface area contributed by atoms with Crippen molar-refractivity contribution in [1.82, 2.24) is 5.32 Å². The predicted molar refractivity (Wildman–Crippen MR) is 184 cm³/mol. The van der Waals surface area contributed by atoms with Gasteiger partial charge < -0.3 is 20.7 Å². The van der Waals surface area contributed by atoms with Crippen LogP contribution in [0.1, 0.15) is 55.7 Å². The second-order valence-electron chi connectivity index (χ2n) is 12.6. The number of benzene rings is 4. The molecule has 1 heterocycles.